The van der Waals surface area contributed by atoms with Gasteiger partial charge in [-0.2, -0.15) is 0 Å². The monoisotopic (exact) mass is 280 g/mol. The number of hydrazine groups is 1. The van der Waals surface area contributed by atoms with Gasteiger partial charge in [0.1, 0.15) is 11.5 Å². The van der Waals surface area contributed by atoms with Gasteiger partial charge in [0.05, 0.1) is 30.8 Å². The van der Waals surface area contributed by atoms with Gasteiger partial charge in [0.2, 0.25) is 0 Å². The summed E-state index contributed by atoms with van der Waals surface area (Å²) in [5.74, 6) is 7.16. The third-order valence-corrected chi connectivity index (χ3v) is 3.75. The maximum atomic E-state index is 5.68. The molecule has 6 nitrogen and oxygen atoms in total. The van der Waals surface area contributed by atoms with Crippen LogP contribution in [0.2, 0.25) is 0 Å². The largest absolute Gasteiger partial charge is 0.497 e. The number of methoxy groups -OCH3 is 2. The SMILES string of the molecule is COc1ccc(OC)c(C(NN)c2snnc2C)c1. The molecule has 0 radical (unpaired) electrons. The summed E-state index contributed by atoms with van der Waals surface area (Å²) in [7, 11) is 3.24. The smallest absolute Gasteiger partial charge is 0.124 e. The van der Waals surface area contributed by atoms with Crippen molar-refractivity contribution in [3.05, 3.63) is 34.3 Å². The van der Waals surface area contributed by atoms with E-state index in [-0.39, 0.29) is 6.04 Å². The maximum absolute atomic E-state index is 5.68. The molecule has 0 aliphatic carbocycles. The van der Waals surface area contributed by atoms with Crippen molar-refractivity contribution in [1.29, 1.82) is 0 Å². The van der Waals surface area contributed by atoms with Gasteiger partial charge in [-0.15, -0.1) is 5.10 Å². The molecule has 0 amide bonds. The second kappa shape index (κ2) is 5.96. The Kier molecular flexibility index (Phi) is 4.31. The number of nitrogens with two attached hydrogens (primary N) is 1. The van der Waals surface area contributed by atoms with E-state index in [0.717, 1.165) is 27.6 Å². The van der Waals surface area contributed by atoms with E-state index in [1.807, 2.05) is 25.1 Å². The molecule has 0 fully saturated rings. The Balaban J connectivity index is 2.51. The third kappa shape index (κ3) is 2.67. The highest BCUT2D eigenvalue weighted by molar-refractivity contribution is 7.05. The van der Waals surface area contributed by atoms with Gasteiger partial charge in [0.25, 0.3) is 0 Å². The molecule has 2 aromatic rings. The van der Waals surface area contributed by atoms with E-state index in [1.54, 1.807) is 14.2 Å². The Morgan fingerprint density at radius 3 is 2.63 bits per heavy atom. The van der Waals surface area contributed by atoms with Crippen LogP contribution in [0.15, 0.2) is 18.2 Å². The highest BCUT2D eigenvalue weighted by atomic mass is 32.1. The molecule has 3 N–H and O–H groups in total. The van der Waals surface area contributed by atoms with Crippen molar-refractivity contribution in [1.82, 2.24) is 15.0 Å². The summed E-state index contributed by atoms with van der Waals surface area (Å²) in [6, 6.07) is 5.35. The molecule has 0 saturated carbocycles. The van der Waals surface area contributed by atoms with Crippen molar-refractivity contribution in [2.45, 2.75) is 13.0 Å². The first kappa shape index (κ1) is 13.7. The Morgan fingerprint density at radius 2 is 2.11 bits per heavy atom. The molecule has 7 heteroatoms. The van der Waals surface area contributed by atoms with Gasteiger partial charge in [0.15, 0.2) is 0 Å². The average molecular weight is 280 g/mol. The van der Waals surface area contributed by atoms with Crippen LogP contribution < -0.4 is 20.7 Å². The number of rotatable bonds is 5. The predicted molar refractivity (Wildman–Crippen MR) is 73.4 cm³/mol. The normalized spacial score (nSPS) is 12.2. The van der Waals surface area contributed by atoms with Gasteiger partial charge in [-0.05, 0) is 36.7 Å². The molecule has 102 valence electrons. The summed E-state index contributed by atoms with van der Waals surface area (Å²) in [4.78, 5) is 0.953. The van der Waals surface area contributed by atoms with Gasteiger partial charge in [0, 0.05) is 5.56 Å². The van der Waals surface area contributed by atoms with Crippen LogP contribution in [0, 0.1) is 6.92 Å². The number of nitrogens with zero attached hydrogens (tertiary/aromatic N) is 2. The van der Waals surface area contributed by atoms with Gasteiger partial charge >= 0.3 is 0 Å². The lowest BCUT2D eigenvalue weighted by Crippen LogP contribution is -2.29. The first-order chi connectivity index (χ1) is 9.21. The standard InChI is InChI=1S/C12H16N4O2S/c1-7-12(19-16-15-7)11(14-13)9-6-8(17-2)4-5-10(9)18-3/h4-6,11,14H,13H2,1-3H3. The summed E-state index contributed by atoms with van der Waals surface area (Å²) < 4.78 is 14.6. The zero-order valence-electron chi connectivity index (χ0n) is 11.0. The maximum Gasteiger partial charge on any atom is 0.124 e. The van der Waals surface area contributed by atoms with Crippen molar-refractivity contribution in [2.75, 3.05) is 14.2 Å². The lowest BCUT2D eigenvalue weighted by Gasteiger charge is -2.18. The molecule has 0 bridgehead atoms. The third-order valence-electron chi connectivity index (χ3n) is 2.86. The van der Waals surface area contributed by atoms with Crippen LogP contribution in [0.1, 0.15) is 22.2 Å². The highest BCUT2D eigenvalue weighted by Crippen LogP contribution is 2.34. The molecular weight excluding hydrogens is 264 g/mol. The fourth-order valence-corrected chi connectivity index (χ4v) is 2.60. The number of nitrogens with one attached hydrogen (secondary N) is 1. The molecule has 1 heterocycles. The molecule has 0 aliphatic rings. The molecular formula is C12H16N4O2S. The van der Waals surface area contributed by atoms with E-state index < -0.39 is 0 Å². The number of aryl methyl sites for hydroxylation is 1. The number of hydrogen-bond donors (Lipinski definition) is 2. The van der Waals surface area contributed by atoms with Crippen LogP contribution in [0.4, 0.5) is 0 Å². The van der Waals surface area contributed by atoms with Crippen LogP contribution in [-0.4, -0.2) is 23.8 Å². The molecule has 0 spiro atoms. The molecule has 0 saturated heterocycles. The summed E-state index contributed by atoms with van der Waals surface area (Å²) in [6.07, 6.45) is 0. The average Bonchev–Trinajstić information content (AvgIpc) is 2.86. The van der Waals surface area contributed by atoms with E-state index in [0.29, 0.717) is 0 Å². The second-order valence-corrected chi connectivity index (χ2v) is 4.72. The zero-order chi connectivity index (χ0) is 13.8. The Morgan fingerprint density at radius 1 is 1.32 bits per heavy atom. The van der Waals surface area contributed by atoms with Crippen molar-refractivity contribution in [2.24, 2.45) is 5.84 Å². The van der Waals surface area contributed by atoms with Crippen LogP contribution in [0.3, 0.4) is 0 Å². The number of hydrogen-bond acceptors (Lipinski definition) is 7. The quantitative estimate of drug-likeness (QED) is 0.636. The summed E-state index contributed by atoms with van der Waals surface area (Å²) in [5.41, 5.74) is 4.52. The molecule has 0 aliphatic heterocycles. The number of benzene rings is 1. The van der Waals surface area contributed by atoms with Crippen molar-refractivity contribution in [3.63, 3.8) is 0 Å². The first-order valence-corrected chi connectivity index (χ1v) is 6.45. The van der Waals surface area contributed by atoms with Gasteiger partial charge in [-0.3, -0.25) is 5.84 Å². The van der Waals surface area contributed by atoms with E-state index in [2.05, 4.69) is 15.0 Å². The van der Waals surface area contributed by atoms with Gasteiger partial charge in [-0.1, -0.05) is 4.49 Å². The van der Waals surface area contributed by atoms with E-state index in [4.69, 9.17) is 15.3 Å². The fourth-order valence-electron chi connectivity index (χ4n) is 1.87. The zero-order valence-corrected chi connectivity index (χ0v) is 11.8. The number of aromatic nitrogens is 2. The van der Waals surface area contributed by atoms with Crippen molar-refractivity contribution in [3.8, 4) is 11.5 Å². The predicted octanol–water partition coefficient (Wildman–Crippen LogP) is 1.42. The summed E-state index contributed by atoms with van der Waals surface area (Å²) in [5, 5.41) is 4.01. The summed E-state index contributed by atoms with van der Waals surface area (Å²) >= 11 is 1.31. The first-order valence-electron chi connectivity index (χ1n) is 5.68. The minimum Gasteiger partial charge on any atom is -0.497 e. The van der Waals surface area contributed by atoms with Crippen LogP contribution in [0.25, 0.3) is 0 Å². The molecule has 1 aromatic carbocycles. The summed E-state index contributed by atoms with van der Waals surface area (Å²) in [6.45, 7) is 1.90. The lowest BCUT2D eigenvalue weighted by molar-refractivity contribution is 0.394. The topological polar surface area (TPSA) is 82.3 Å². The molecule has 1 aromatic heterocycles. The van der Waals surface area contributed by atoms with Gasteiger partial charge < -0.3 is 9.47 Å². The minimum absolute atomic E-state index is 0.231. The van der Waals surface area contributed by atoms with E-state index in [9.17, 15) is 0 Å². The lowest BCUT2D eigenvalue weighted by atomic mass is 10.0. The van der Waals surface area contributed by atoms with Crippen LogP contribution >= 0.6 is 11.5 Å². The Bertz CT molecular complexity index is 558. The van der Waals surface area contributed by atoms with Crippen LogP contribution in [-0.2, 0) is 0 Å². The highest BCUT2D eigenvalue weighted by Gasteiger charge is 2.22. The molecule has 19 heavy (non-hydrogen) atoms. The van der Waals surface area contributed by atoms with Crippen molar-refractivity contribution >= 4 is 11.5 Å². The number of ether oxygens (including phenoxy) is 2. The van der Waals surface area contributed by atoms with Gasteiger partial charge in [-0.25, -0.2) is 5.43 Å². The van der Waals surface area contributed by atoms with Crippen LogP contribution in [0.5, 0.6) is 11.5 Å². The molecule has 1 atom stereocenters. The minimum atomic E-state index is -0.231. The molecule has 1 unspecified atom stereocenters. The Hall–Kier alpha value is -1.70. The van der Waals surface area contributed by atoms with E-state index >= 15 is 0 Å². The Labute approximate surface area is 115 Å². The van der Waals surface area contributed by atoms with E-state index in [1.165, 1.54) is 11.5 Å². The molecule has 2 rings (SSSR count). The fraction of sp³-hybridized carbons (Fsp3) is 0.333. The van der Waals surface area contributed by atoms with Crippen molar-refractivity contribution < 1.29 is 9.47 Å². The second-order valence-electron chi connectivity index (χ2n) is 3.93.